The molecule has 2 amide bonds. The van der Waals surface area contributed by atoms with Gasteiger partial charge in [0.1, 0.15) is 12.2 Å². The number of amides is 2. The molecule has 2 aromatic carbocycles. The normalized spacial score (nSPS) is 17.2. The first kappa shape index (κ1) is 23.3. The lowest BCUT2D eigenvalue weighted by Gasteiger charge is -2.27. The lowest BCUT2D eigenvalue weighted by atomic mass is 9.83. The highest BCUT2D eigenvalue weighted by Gasteiger charge is 2.28. The molecule has 1 saturated carbocycles. The molecule has 5 rings (SSSR count). The maximum atomic E-state index is 12.1. The van der Waals surface area contributed by atoms with Gasteiger partial charge in [0.05, 0.1) is 10.7 Å². The first-order valence-electron chi connectivity index (χ1n) is 11.8. The van der Waals surface area contributed by atoms with Crippen molar-refractivity contribution in [1.29, 1.82) is 0 Å². The van der Waals surface area contributed by atoms with Gasteiger partial charge < -0.3 is 22.1 Å². The van der Waals surface area contributed by atoms with Crippen LogP contribution in [0.3, 0.4) is 0 Å². The molecule has 2 heterocycles. The maximum Gasteiger partial charge on any atom is 0.273 e. The van der Waals surface area contributed by atoms with Gasteiger partial charge in [-0.05, 0) is 43.5 Å². The zero-order valence-corrected chi connectivity index (χ0v) is 19.8. The minimum absolute atomic E-state index is 0.0269. The number of benzene rings is 2. The molecule has 0 bridgehead atoms. The molecule has 1 aromatic heterocycles. The highest BCUT2D eigenvalue weighted by molar-refractivity contribution is 5.96. The van der Waals surface area contributed by atoms with Crippen molar-refractivity contribution in [2.45, 2.75) is 44.8 Å². The number of aryl methyl sites for hydroxylation is 1. The number of nitrogens with one attached hydrogen (secondary N) is 2. The Bertz CT molecular complexity index is 1430. The van der Waals surface area contributed by atoms with Crippen LogP contribution in [-0.4, -0.2) is 39.2 Å². The zero-order chi connectivity index (χ0) is 25.2. The van der Waals surface area contributed by atoms with Crippen molar-refractivity contribution in [1.82, 2.24) is 15.2 Å². The molecular weight excluding hydrogens is 458 g/mol. The molecule has 1 unspecified atom stereocenters. The Labute approximate surface area is 207 Å². The summed E-state index contributed by atoms with van der Waals surface area (Å²) in [7, 11) is 0. The van der Waals surface area contributed by atoms with E-state index in [1.807, 2.05) is 49.4 Å². The summed E-state index contributed by atoms with van der Waals surface area (Å²) in [5.41, 5.74) is 13.6. The topological polar surface area (TPSA) is 174 Å². The predicted molar refractivity (Wildman–Crippen MR) is 133 cm³/mol. The van der Waals surface area contributed by atoms with Crippen LogP contribution in [0, 0.1) is 12.8 Å². The number of aromatic nitrogens is 3. The highest BCUT2D eigenvalue weighted by Crippen LogP contribution is 2.32. The van der Waals surface area contributed by atoms with Gasteiger partial charge in [-0.25, -0.2) is 0 Å². The van der Waals surface area contributed by atoms with Crippen molar-refractivity contribution >= 4 is 29.3 Å². The summed E-state index contributed by atoms with van der Waals surface area (Å²) >= 11 is 0. The average Bonchev–Trinajstić information content (AvgIpc) is 3.21. The number of carbonyl (C=O) groups is 2. The molecule has 184 valence electrons. The number of fused-ring (bicyclic) bond motifs is 1. The lowest BCUT2D eigenvalue weighted by molar-refractivity contribution is -0.118. The average molecular weight is 486 g/mol. The van der Waals surface area contributed by atoms with Crippen molar-refractivity contribution in [3.63, 3.8) is 0 Å². The quantitative estimate of drug-likeness (QED) is 0.348. The summed E-state index contributed by atoms with van der Waals surface area (Å²) in [5.74, 6) is -0.722. The van der Waals surface area contributed by atoms with E-state index in [-0.39, 0.29) is 23.6 Å². The maximum absolute atomic E-state index is 12.1. The number of rotatable bonds is 9. The van der Waals surface area contributed by atoms with Gasteiger partial charge in [-0.2, -0.15) is 4.98 Å². The SMILES string of the molecule is Cc1ccc(C[C@@H](Nc2nnc(C(N)=O)c(Nc3ccc4c(c3)=NC(C3CCC3)N=4)n2)C(N)=O)cc1. The van der Waals surface area contributed by atoms with Crippen LogP contribution in [0.1, 0.15) is 40.9 Å². The standard InChI is InChI=1S/C25H27N9O2/c1-13-5-7-14(8-6-13)11-19(21(26)35)31-25-32-24(20(22(27)36)33-34-25)28-16-9-10-17-18(12-16)30-23(29-17)15-3-2-4-15/h5-10,12,15,19,23H,2-4,11H2,1H3,(H2,26,35)(H2,27,36)(H2,28,31,32,34)/t19-,23?/m1/s1. The molecule has 1 aliphatic heterocycles. The zero-order valence-electron chi connectivity index (χ0n) is 19.8. The minimum Gasteiger partial charge on any atom is -0.368 e. The molecule has 0 spiro atoms. The Kier molecular flexibility index (Phi) is 6.28. The van der Waals surface area contributed by atoms with Crippen molar-refractivity contribution < 1.29 is 9.59 Å². The van der Waals surface area contributed by atoms with E-state index in [2.05, 4.69) is 25.8 Å². The van der Waals surface area contributed by atoms with E-state index in [9.17, 15) is 9.59 Å². The summed E-state index contributed by atoms with van der Waals surface area (Å²) in [6.07, 6.45) is 3.83. The number of hydrogen-bond donors (Lipinski definition) is 4. The van der Waals surface area contributed by atoms with E-state index < -0.39 is 17.9 Å². The molecule has 2 aliphatic rings. The monoisotopic (exact) mass is 485 g/mol. The molecule has 0 saturated heterocycles. The van der Waals surface area contributed by atoms with Crippen LogP contribution in [0.25, 0.3) is 0 Å². The first-order chi connectivity index (χ1) is 17.4. The number of nitrogens with two attached hydrogens (primary N) is 2. The molecule has 6 N–H and O–H groups in total. The van der Waals surface area contributed by atoms with Crippen LogP contribution in [-0.2, 0) is 11.2 Å². The third-order valence-corrected chi connectivity index (χ3v) is 6.48. The summed E-state index contributed by atoms with van der Waals surface area (Å²) in [4.78, 5) is 37.9. The number of carbonyl (C=O) groups excluding carboxylic acids is 2. The van der Waals surface area contributed by atoms with Crippen LogP contribution in [0.15, 0.2) is 52.4 Å². The van der Waals surface area contributed by atoms with Gasteiger partial charge in [0.25, 0.3) is 5.91 Å². The Morgan fingerprint density at radius 1 is 1.03 bits per heavy atom. The van der Waals surface area contributed by atoms with E-state index in [0.29, 0.717) is 18.0 Å². The fraction of sp³-hybridized carbons (Fsp3) is 0.320. The van der Waals surface area contributed by atoms with E-state index >= 15 is 0 Å². The third-order valence-electron chi connectivity index (χ3n) is 6.48. The van der Waals surface area contributed by atoms with Crippen molar-refractivity contribution in [2.24, 2.45) is 27.4 Å². The number of hydrogen-bond acceptors (Lipinski definition) is 9. The summed E-state index contributed by atoms with van der Waals surface area (Å²) in [6, 6.07) is 12.5. The molecule has 3 aromatic rings. The third kappa shape index (κ3) is 4.99. The van der Waals surface area contributed by atoms with Crippen LogP contribution < -0.4 is 32.8 Å². The molecule has 0 radical (unpaired) electrons. The lowest BCUT2D eigenvalue weighted by Crippen LogP contribution is -2.38. The molecule has 1 aliphatic carbocycles. The molecular formula is C25H27N9O2. The van der Waals surface area contributed by atoms with Gasteiger partial charge in [-0.15, -0.1) is 10.2 Å². The highest BCUT2D eigenvalue weighted by atomic mass is 16.1. The Balaban J connectivity index is 1.38. The number of anilines is 3. The van der Waals surface area contributed by atoms with E-state index in [1.54, 1.807) is 0 Å². The second-order valence-corrected chi connectivity index (χ2v) is 9.18. The van der Waals surface area contributed by atoms with Crippen molar-refractivity contribution in [2.75, 3.05) is 10.6 Å². The van der Waals surface area contributed by atoms with Gasteiger partial charge in [-0.1, -0.05) is 36.2 Å². The second-order valence-electron chi connectivity index (χ2n) is 9.18. The number of primary amides is 2. The summed E-state index contributed by atoms with van der Waals surface area (Å²) < 4.78 is 0. The van der Waals surface area contributed by atoms with E-state index in [4.69, 9.17) is 21.5 Å². The Morgan fingerprint density at radius 3 is 2.44 bits per heavy atom. The molecule has 11 heteroatoms. The van der Waals surface area contributed by atoms with Crippen LogP contribution in [0.2, 0.25) is 0 Å². The summed E-state index contributed by atoms with van der Waals surface area (Å²) in [6.45, 7) is 1.98. The van der Waals surface area contributed by atoms with Gasteiger partial charge >= 0.3 is 0 Å². The minimum atomic E-state index is -0.791. The smallest absolute Gasteiger partial charge is 0.273 e. The molecule has 2 atom stereocenters. The van der Waals surface area contributed by atoms with Crippen LogP contribution >= 0.6 is 0 Å². The largest absolute Gasteiger partial charge is 0.368 e. The van der Waals surface area contributed by atoms with Crippen molar-refractivity contribution in [3.05, 3.63) is 70.0 Å². The fourth-order valence-electron chi connectivity index (χ4n) is 4.19. The first-order valence-corrected chi connectivity index (χ1v) is 11.8. The second kappa shape index (κ2) is 9.68. The predicted octanol–water partition coefficient (Wildman–Crippen LogP) is 0.910. The van der Waals surface area contributed by atoms with Gasteiger partial charge in [0.2, 0.25) is 11.9 Å². The van der Waals surface area contributed by atoms with E-state index in [0.717, 1.165) is 34.7 Å². The fourth-order valence-corrected chi connectivity index (χ4v) is 4.19. The molecule has 36 heavy (non-hydrogen) atoms. The Hall–Kier alpha value is -4.41. The van der Waals surface area contributed by atoms with Gasteiger partial charge in [-0.3, -0.25) is 19.6 Å². The molecule has 1 fully saturated rings. The Morgan fingerprint density at radius 2 is 1.78 bits per heavy atom. The van der Waals surface area contributed by atoms with Crippen LogP contribution in [0.5, 0.6) is 0 Å². The van der Waals surface area contributed by atoms with Gasteiger partial charge in [0, 0.05) is 18.0 Å². The summed E-state index contributed by atoms with van der Waals surface area (Å²) in [5, 5.41) is 15.5. The number of nitrogens with zero attached hydrogens (tertiary/aromatic N) is 5. The van der Waals surface area contributed by atoms with Gasteiger partial charge in [0.15, 0.2) is 11.5 Å². The van der Waals surface area contributed by atoms with Crippen molar-refractivity contribution in [3.8, 4) is 0 Å². The molecule has 11 nitrogen and oxygen atoms in total. The van der Waals surface area contributed by atoms with Crippen LogP contribution in [0.4, 0.5) is 17.5 Å². The van der Waals surface area contributed by atoms with E-state index in [1.165, 1.54) is 6.42 Å².